The zero-order chi connectivity index (χ0) is 22.4. The summed E-state index contributed by atoms with van der Waals surface area (Å²) in [6.07, 6.45) is 5.38. The van der Waals surface area contributed by atoms with Crippen molar-refractivity contribution < 1.29 is 18.1 Å². The van der Waals surface area contributed by atoms with Crippen molar-refractivity contribution in [2.75, 3.05) is 10.0 Å². The van der Waals surface area contributed by atoms with Gasteiger partial charge >= 0.3 is 0 Å². The molecule has 0 radical (unpaired) electrons. The van der Waals surface area contributed by atoms with Crippen LogP contribution in [0, 0.1) is 10.1 Å². The fraction of sp³-hybridized carbons (Fsp3) is 0. The summed E-state index contributed by atoms with van der Waals surface area (Å²) in [5.41, 5.74) is 0.504. The second kappa shape index (κ2) is 9.32. The Morgan fingerprint density at radius 2 is 1.77 bits per heavy atom. The van der Waals surface area contributed by atoms with Crippen molar-refractivity contribution >= 4 is 50.9 Å². The number of carbonyl (C=O) groups excluding carboxylic acids is 1. The Bertz CT molecular complexity index is 1250. The molecule has 10 nitrogen and oxygen atoms in total. The number of aromatic nitrogens is 2. The molecule has 0 atom stereocenters. The molecule has 0 aliphatic heterocycles. The molecule has 3 aromatic rings. The lowest BCUT2D eigenvalue weighted by atomic mass is 10.2. The number of carbonyl (C=O) groups is 1. The maximum absolute atomic E-state index is 12.3. The first-order valence-corrected chi connectivity index (χ1v) is 10.4. The Hall–Kier alpha value is -3.83. The van der Waals surface area contributed by atoms with Crippen LogP contribution in [-0.4, -0.2) is 29.2 Å². The Balaban J connectivity index is 1.65. The predicted molar refractivity (Wildman–Crippen MR) is 115 cm³/mol. The number of amides is 1. The minimum Gasteiger partial charge on any atom is -0.323 e. The van der Waals surface area contributed by atoms with E-state index in [2.05, 4.69) is 20.0 Å². The SMILES string of the molecule is O=C(C=Cc1ccc(Cl)c([N+](=O)[O-])c1)Nc1ccc(S(=O)(=O)Nc2ncccn2)cc1. The molecule has 0 aliphatic rings. The summed E-state index contributed by atoms with van der Waals surface area (Å²) < 4.78 is 26.9. The van der Waals surface area contributed by atoms with E-state index in [4.69, 9.17) is 11.6 Å². The molecule has 1 aromatic heterocycles. The number of nitro benzene ring substituents is 1. The van der Waals surface area contributed by atoms with E-state index >= 15 is 0 Å². The first kappa shape index (κ1) is 21.9. The average Bonchev–Trinajstić information content (AvgIpc) is 2.74. The van der Waals surface area contributed by atoms with Gasteiger partial charge in [-0.25, -0.2) is 23.1 Å². The number of benzene rings is 2. The minimum atomic E-state index is -3.89. The van der Waals surface area contributed by atoms with E-state index in [9.17, 15) is 23.3 Å². The maximum atomic E-state index is 12.3. The molecule has 0 aliphatic carbocycles. The van der Waals surface area contributed by atoms with Crippen molar-refractivity contribution in [3.05, 3.63) is 87.7 Å². The van der Waals surface area contributed by atoms with Crippen LogP contribution < -0.4 is 10.0 Å². The Morgan fingerprint density at radius 1 is 1.10 bits per heavy atom. The van der Waals surface area contributed by atoms with Gasteiger partial charge < -0.3 is 5.32 Å². The molecule has 3 rings (SSSR count). The third-order valence-electron chi connectivity index (χ3n) is 3.82. The van der Waals surface area contributed by atoms with Crippen LogP contribution in [0.1, 0.15) is 5.56 Å². The number of anilines is 2. The highest BCUT2D eigenvalue weighted by Crippen LogP contribution is 2.25. The summed E-state index contributed by atoms with van der Waals surface area (Å²) >= 11 is 5.75. The van der Waals surface area contributed by atoms with E-state index in [1.54, 1.807) is 6.07 Å². The van der Waals surface area contributed by atoms with Crippen molar-refractivity contribution in [1.82, 2.24) is 9.97 Å². The molecule has 0 saturated heterocycles. The third kappa shape index (κ3) is 5.84. The lowest BCUT2D eigenvalue weighted by Gasteiger charge is -2.07. The first-order valence-electron chi connectivity index (χ1n) is 8.57. The standard InChI is InChI=1S/C19H14ClN5O5S/c20-16-8-2-13(12-17(16)25(27)28)3-9-18(26)23-14-4-6-15(7-5-14)31(29,30)24-19-21-10-1-11-22-19/h1-12H,(H,23,26)(H,21,22,24). The third-order valence-corrected chi connectivity index (χ3v) is 5.48. The van der Waals surface area contributed by atoms with Crippen molar-refractivity contribution in [1.29, 1.82) is 0 Å². The predicted octanol–water partition coefficient (Wildman–Crippen LogP) is 3.49. The summed E-state index contributed by atoms with van der Waals surface area (Å²) in [6.45, 7) is 0. The first-order chi connectivity index (χ1) is 14.7. The topological polar surface area (TPSA) is 144 Å². The monoisotopic (exact) mass is 459 g/mol. The van der Waals surface area contributed by atoms with Crippen LogP contribution in [0.3, 0.4) is 0 Å². The van der Waals surface area contributed by atoms with Gasteiger partial charge in [-0.3, -0.25) is 14.9 Å². The highest BCUT2D eigenvalue weighted by Gasteiger charge is 2.15. The van der Waals surface area contributed by atoms with E-state index in [1.165, 1.54) is 67.0 Å². The number of halogens is 1. The molecule has 0 unspecified atom stereocenters. The summed E-state index contributed by atoms with van der Waals surface area (Å²) in [5.74, 6) is -0.573. The minimum absolute atomic E-state index is 0.00467. The van der Waals surface area contributed by atoms with Gasteiger partial charge in [-0.15, -0.1) is 0 Å². The molecule has 0 bridgehead atoms. The average molecular weight is 460 g/mol. The van der Waals surface area contributed by atoms with Crippen LogP contribution in [0.4, 0.5) is 17.3 Å². The van der Waals surface area contributed by atoms with Crippen LogP contribution >= 0.6 is 11.6 Å². The van der Waals surface area contributed by atoms with Crippen molar-refractivity contribution in [3.8, 4) is 0 Å². The Kier molecular flexibility index (Phi) is 6.58. The smallest absolute Gasteiger partial charge is 0.288 e. The van der Waals surface area contributed by atoms with Crippen LogP contribution in [0.15, 0.2) is 71.9 Å². The van der Waals surface area contributed by atoms with Gasteiger partial charge in [0, 0.05) is 30.2 Å². The molecular formula is C19H14ClN5O5S. The van der Waals surface area contributed by atoms with Gasteiger partial charge in [-0.1, -0.05) is 17.7 Å². The molecule has 1 amide bonds. The van der Waals surface area contributed by atoms with Crippen molar-refractivity contribution in [2.45, 2.75) is 4.90 Å². The molecule has 12 heteroatoms. The lowest BCUT2D eigenvalue weighted by molar-refractivity contribution is -0.384. The number of hydrogen-bond donors (Lipinski definition) is 2. The maximum Gasteiger partial charge on any atom is 0.288 e. The zero-order valence-electron chi connectivity index (χ0n) is 15.6. The Labute approximate surface area is 181 Å². The fourth-order valence-corrected chi connectivity index (χ4v) is 3.52. The van der Waals surface area contributed by atoms with Crippen LogP contribution in [0.2, 0.25) is 5.02 Å². The van der Waals surface area contributed by atoms with Crippen LogP contribution in [-0.2, 0) is 14.8 Å². The molecule has 31 heavy (non-hydrogen) atoms. The molecular weight excluding hydrogens is 446 g/mol. The molecule has 158 valence electrons. The van der Waals surface area contributed by atoms with Gasteiger partial charge in [0.1, 0.15) is 5.02 Å². The highest BCUT2D eigenvalue weighted by atomic mass is 35.5. The zero-order valence-corrected chi connectivity index (χ0v) is 17.2. The van der Waals surface area contributed by atoms with Gasteiger partial charge in [-0.2, -0.15) is 0 Å². The highest BCUT2D eigenvalue weighted by molar-refractivity contribution is 7.92. The summed E-state index contributed by atoms with van der Waals surface area (Å²) in [5, 5.41) is 13.5. The molecule has 0 spiro atoms. The number of hydrogen-bond acceptors (Lipinski definition) is 7. The quantitative estimate of drug-likeness (QED) is 0.312. The fourth-order valence-electron chi connectivity index (χ4n) is 2.38. The van der Waals surface area contributed by atoms with Gasteiger partial charge in [0.05, 0.1) is 9.82 Å². The van der Waals surface area contributed by atoms with Crippen LogP contribution in [0.5, 0.6) is 0 Å². The van der Waals surface area contributed by atoms with E-state index < -0.39 is 20.9 Å². The van der Waals surface area contributed by atoms with E-state index in [0.717, 1.165) is 0 Å². The summed E-state index contributed by atoms with van der Waals surface area (Å²) in [4.78, 5) is 30.0. The van der Waals surface area contributed by atoms with Gasteiger partial charge in [0.2, 0.25) is 11.9 Å². The van der Waals surface area contributed by atoms with Crippen LogP contribution in [0.25, 0.3) is 6.08 Å². The number of rotatable bonds is 7. The summed E-state index contributed by atoms with van der Waals surface area (Å²) in [6, 6.07) is 11.2. The lowest BCUT2D eigenvalue weighted by Crippen LogP contribution is -2.15. The van der Waals surface area contributed by atoms with Crippen molar-refractivity contribution in [2.24, 2.45) is 0 Å². The normalized spacial score (nSPS) is 11.3. The van der Waals surface area contributed by atoms with Gasteiger partial charge in [-0.05, 0) is 48.0 Å². The van der Waals surface area contributed by atoms with E-state index in [0.29, 0.717) is 11.3 Å². The number of sulfonamides is 1. The molecule has 2 N–H and O–H groups in total. The second-order valence-corrected chi connectivity index (χ2v) is 8.08. The molecule has 0 fully saturated rings. The van der Waals surface area contributed by atoms with Gasteiger partial charge in [0.15, 0.2) is 0 Å². The van der Waals surface area contributed by atoms with E-state index in [-0.39, 0.29) is 21.6 Å². The second-order valence-electron chi connectivity index (χ2n) is 5.99. The van der Waals surface area contributed by atoms with E-state index in [1.807, 2.05) is 0 Å². The number of nitrogens with zero attached hydrogens (tertiary/aromatic N) is 3. The number of nitrogens with one attached hydrogen (secondary N) is 2. The number of nitro groups is 1. The van der Waals surface area contributed by atoms with Gasteiger partial charge in [0.25, 0.3) is 15.7 Å². The summed E-state index contributed by atoms with van der Waals surface area (Å²) in [7, 11) is -3.89. The largest absolute Gasteiger partial charge is 0.323 e. The Morgan fingerprint density at radius 3 is 2.42 bits per heavy atom. The molecule has 0 saturated carbocycles. The molecule has 2 aromatic carbocycles. The van der Waals surface area contributed by atoms with Crippen molar-refractivity contribution in [3.63, 3.8) is 0 Å². The molecule has 1 heterocycles.